The van der Waals surface area contributed by atoms with Gasteiger partial charge in [0.1, 0.15) is 6.04 Å². The van der Waals surface area contributed by atoms with Crippen molar-refractivity contribution in [3.05, 3.63) is 82.7 Å². The van der Waals surface area contributed by atoms with Gasteiger partial charge in [0.15, 0.2) is 0 Å². The Kier molecular flexibility index (Phi) is 5.72. The number of benzene rings is 2. The molecule has 2 amide bonds. The molecule has 1 N–H and O–H groups in total. The number of piperazine rings is 1. The summed E-state index contributed by atoms with van der Waals surface area (Å²) >= 11 is 0. The van der Waals surface area contributed by atoms with Crippen LogP contribution in [0.4, 0.5) is 0 Å². The van der Waals surface area contributed by atoms with Crippen molar-refractivity contribution in [1.29, 1.82) is 0 Å². The maximum absolute atomic E-state index is 13.3. The van der Waals surface area contributed by atoms with Crippen molar-refractivity contribution >= 4 is 11.8 Å². The number of para-hydroxylation sites is 1. The summed E-state index contributed by atoms with van der Waals surface area (Å²) < 4.78 is 1.88. The van der Waals surface area contributed by atoms with Crippen LogP contribution in [-0.2, 0) is 22.6 Å². The SMILES string of the molecule is Cc1nn(-c2ccccc2)c(C)c1[C@H]1C(=O)NCCN1CC(=O)N1CCc2ccccc2C1. The highest BCUT2D eigenvalue weighted by Crippen LogP contribution is 2.30. The van der Waals surface area contributed by atoms with E-state index < -0.39 is 6.04 Å². The van der Waals surface area contributed by atoms with E-state index in [1.807, 2.05) is 70.8 Å². The van der Waals surface area contributed by atoms with E-state index in [0.717, 1.165) is 29.1 Å². The molecule has 2 aromatic carbocycles. The van der Waals surface area contributed by atoms with Crippen LogP contribution >= 0.6 is 0 Å². The highest BCUT2D eigenvalue weighted by atomic mass is 16.2. The second-order valence-corrected chi connectivity index (χ2v) is 8.83. The predicted octanol–water partition coefficient (Wildman–Crippen LogP) is 2.55. The Morgan fingerprint density at radius 1 is 1.03 bits per heavy atom. The quantitative estimate of drug-likeness (QED) is 0.673. The third kappa shape index (κ3) is 4.04. The molecule has 1 aromatic heterocycles. The number of nitrogens with one attached hydrogen (secondary N) is 1. The predicted molar refractivity (Wildman–Crippen MR) is 126 cm³/mol. The van der Waals surface area contributed by atoms with Gasteiger partial charge in [-0.05, 0) is 43.5 Å². The van der Waals surface area contributed by atoms with Gasteiger partial charge in [0.25, 0.3) is 0 Å². The molecule has 3 aromatic rings. The second-order valence-electron chi connectivity index (χ2n) is 8.83. The lowest BCUT2D eigenvalue weighted by molar-refractivity contribution is -0.137. The summed E-state index contributed by atoms with van der Waals surface area (Å²) in [6, 6.07) is 17.7. The molecule has 0 unspecified atom stereocenters. The fourth-order valence-electron chi connectivity index (χ4n) is 5.05. The Morgan fingerprint density at radius 2 is 1.76 bits per heavy atom. The van der Waals surface area contributed by atoms with Crippen LogP contribution in [0.1, 0.15) is 34.1 Å². The fourth-order valence-corrected chi connectivity index (χ4v) is 5.05. The van der Waals surface area contributed by atoms with E-state index in [-0.39, 0.29) is 18.4 Å². The number of hydrogen-bond acceptors (Lipinski definition) is 4. The van der Waals surface area contributed by atoms with Crippen molar-refractivity contribution < 1.29 is 9.59 Å². The Morgan fingerprint density at radius 3 is 2.55 bits per heavy atom. The van der Waals surface area contributed by atoms with Crippen molar-refractivity contribution in [2.24, 2.45) is 0 Å². The number of carbonyl (C=O) groups excluding carboxylic acids is 2. The maximum Gasteiger partial charge on any atom is 0.242 e. The number of rotatable bonds is 4. The Bertz CT molecular complexity index is 1190. The number of hydrogen-bond donors (Lipinski definition) is 1. The molecule has 2 aliphatic heterocycles. The minimum absolute atomic E-state index is 0.0648. The first kappa shape index (κ1) is 21.4. The topological polar surface area (TPSA) is 70.5 Å². The Hall–Kier alpha value is -3.45. The summed E-state index contributed by atoms with van der Waals surface area (Å²) in [5, 5.41) is 7.72. The first-order valence-electron chi connectivity index (χ1n) is 11.5. The smallest absolute Gasteiger partial charge is 0.242 e. The number of nitrogens with zero attached hydrogens (tertiary/aromatic N) is 4. The lowest BCUT2D eigenvalue weighted by Gasteiger charge is -2.37. The molecule has 1 atom stereocenters. The number of carbonyl (C=O) groups is 2. The molecule has 33 heavy (non-hydrogen) atoms. The number of aromatic nitrogens is 2. The van der Waals surface area contributed by atoms with Gasteiger partial charge < -0.3 is 10.2 Å². The third-order valence-electron chi connectivity index (χ3n) is 6.75. The average Bonchev–Trinajstić information content (AvgIpc) is 3.13. The molecule has 2 aliphatic rings. The van der Waals surface area contributed by atoms with Crippen molar-refractivity contribution in [3.8, 4) is 5.69 Å². The van der Waals surface area contributed by atoms with Crippen molar-refractivity contribution in [2.45, 2.75) is 32.9 Å². The van der Waals surface area contributed by atoms with Gasteiger partial charge in [-0.25, -0.2) is 4.68 Å². The standard InChI is InChI=1S/C26H29N5O2/c1-18-24(19(2)31(28-18)22-10-4-3-5-11-22)25-26(33)27-13-15-30(25)17-23(32)29-14-12-20-8-6-7-9-21(20)16-29/h3-11,25H,12-17H2,1-2H3,(H,27,33)/t25-/m0/s1. The molecule has 5 rings (SSSR count). The van der Waals surface area contributed by atoms with Gasteiger partial charge >= 0.3 is 0 Å². The number of amides is 2. The Labute approximate surface area is 194 Å². The molecule has 7 heteroatoms. The summed E-state index contributed by atoms with van der Waals surface area (Å²) in [5.41, 5.74) is 6.09. The molecule has 7 nitrogen and oxygen atoms in total. The van der Waals surface area contributed by atoms with Crippen LogP contribution in [-0.4, -0.2) is 57.6 Å². The van der Waals surface area contributed by atoms with E-state index in [0.29, 0.717) is 26.2 Å². The summed E-state index contributed by atoms with van der Waals surface area (Å²) in [6.07, 6.45) is 0.869. The average molecular weight is 444 g/mol. The zero-order chi connectivity index (χ0) is 22.9. The third-order valence-corrected chi connectivity index (χ3v) is 6.75. The van der Waals surface area contributed by atoms with Crippen LogP contribution < -0.4 is 5.32 Å². The van der Waals surface area contributed by atoms with Crippen LogP contribution in [0.5, 0.6) is 0 Å². The first-order chi connectivity index (χ1) is 16.0. The molecule has 3 heterocycles. The van der Waals surface area contributed by atoms with Gasteiger partial charge in [-0.3, -0.25) is 14.5 Å². The van der Waals surface area contributed by atoms with Gasteiger partial charge in [-0.1, -0.05) is 42.5 Å². The molecule has 0 aliphatic carbocycles. The second kappa shape index (κ2) is 8.83. The molecule has 0 saturated carbocycles. The van der Waals surface area contributed by atoms with Gasteiger partial charge in [0.2, 0.25) is 11.8 Å². The van der Waals surface area contributed by atoms with Crippen LogP contribution in [0.25, 0.3) is 5.69 Å². The van der Waals surface area contributed by atoms with E-state index >= 15 is 0 Å². The van der Waals surface area contributed by atoms with E-state index in [1.54, 1.807) is 0 Å². The molecule has 170 valence electrons. The number of aryl methyl sites for hydroxylation is 1. The minimum atomic E-state index is -0.530. The normalized spacial score (nSPS) is 18.7. The van der Waals surface area contributed by atoms with Crippen molar-refractivity contribution in [1.82, 2.24) is 24.9 Å². The van der Waals surface area contributed by atoms with E-state index in [4.69, 9.17) is 5.10 Å². The lowest BCUT2D eigenvalue weighted by Crippen LogP contribution is -2.53. The molecular weight excluding hydrogens is 414 g/mol. The molecule has 0 spiro atoms. The van der Waals surface area contributed by atoms with E-state index in [9.17, 15) is 9.59 Å². The largest absolute Gasteiger partial charge is 0.353 e. The molecule has 1 saturated heterocycles. The zero-order valence-corrected chi connectivity index (χ0v) is 19.1. The minimum Gasteiger partial charge on any atom is -0.353 e. The van der Waals surface area contributed by atoms with E-state index in [1.165, 1.54) is 11.1 Å². The van der Waals surface area contributed by atoms with Crippen LogP contribution in [0.3, 0.4) is 0 Å². The zero-order valence-electron chi connectivity index (χ0n) is 19.1. The van der Waals surface area contributed by atoms with Crippen molar-refractivity contribution in [2.75, 3.05) is 26.2 Å². The molecule has 0 bridgehead atoms. The van der Waals surface area contributed by atoms with Gasteiger partial charge in [-0.15, -0.1) is 0 Å². The highest BCUT2D eigenvalue weighted by molar-refractivity contribution is 5.86. The summed E-state index contributed by atoms with van der Waals surface area (Å²) in [6.45, 7) is 6.65. The highest BCUT2D eigenvalue weighted by Gasteiger charge is 2.37. The first-order valence-corrected chi connectivity index (χ1v) is 11.5. The van der Waals surface area contributed by atoms with E-state index in [2.05, 4.69) is 17.4 Å². The van der Waals surface area contributed by atoms with Crippen LogP contribution in [0, 0.1) is 13.8 Å². The van der Waals surface area contributed by atoms with Crippen LogP contribution in [0.2, 0.25) is 0 Å². The summed E-state index contributed by atoms with van der Waals surface area (Å²) in [7, 11) is 0. The lowest BCUT2D eigenvalue weighted by atomic mass is 9.99. The van der Waals surface area contributed by atoms with Gasteiger partial charge in [0.05, 0.1) is 17.9 Å². The van der Waals surface area contributed by atoms with Gasteiger partial charge in [-0.2, -0.15) is 5.10 Å². The molecule has 0 radical (unpaired) electrons. The monoisotopic (exact) mass is 443 g/mol. The maximum atomic E-state index is 13.3. The van der Waals surface area contributed by atoms with Gasteiger partial charge in [0, 0.05) is 37.4 Å². The Balaban J connectivity index is 1.40. The molecule has 1 fully saturated rings. The fraction of sp³-hybridized carbons (Fsp3) is 0.346. The number of fused-ring (bicyclic) bond motifs is 1. The van der Waals surface area contributed by atoms with Crippen LogP contribution in [0.15, 0.2) is 54.6 Å². The summed E-state index contributed by atoms with van der Waals surface area (Å²) in [5.74, 6) is -0.00758. The molecular formula is C26H29N5O2. The van der Waals surface area contributed by atoms with Crippen molar-refractivity contribution in [3.63, 3.8) is 0 Å². The summed E-state index contributed by atoms with van der Waals surface area (Å²) in [4.78, 5) is 30.3.